The Kier molecular flexibility index (Phi) is 5.67. The first-order chi connectivity index (χ1) is 12.3. The van der Waals surface area contributed by atoms with Crippen molar-refractivity contribution in [3.8, 4) is 0 Å². The van der Waals surface area contributed by atoms with Gasteiger partial charge in [-0.3, -0.25) is 0 Å². The van der Waals surface area contributed by atoms with Crippen molar-refractivity contribution in [1.29, 1.82) is 0 Å². The maximum Gasteiger partial charge on any atom is 0.407 e. The molecule has 1 amide bonds. The number of amides is 1. The standard InChI is InChI=1S/C18H23ClN4O2S/c1-18(2,3)25-17(24)20-14-8-9-23(11-14)16-22-21-15(26-16)10-12-4-6-13(19)7-5-12/h4-7,14H,8-11H2,1-3H3,(H,20,24). The number of alkyl carbamates (subject to hydrolysis) is 1. The molecule has 0 aliphatic carbocycles. The molecule has 1 unspecified atom stereocenters. The fraction of sp³-hybridized carbons (Fsp3) is 0.500. The first-order valence-corrected chi connectivity index (χ1v) is 9.79. The molecular weight excluding hydrogens is 372 g/mol. The largest absolute Gasteiger partial charge is 0.444 e. The lowest BCUT2D eigenvalue weighted by Gasteiger charge is -2.21. The van der Waals surface area contributed by atoms with Crippen molar-refractivity contribution < 1.29 is 9.53 Å². The summed E-state index contributed by atoms with van der Waals surface area (Å²) in [6.45, 7) is 7.13. The SMILES string of the molecule is CC(C)(C)OC(=O)NC1CCN(c2nnc(Cc3ccc(Cl)cc3)s2)C1. The summed E-state index contributed by atoms with van der Waals surface area (Å²) in [5.74, 6) is 0. The molecule has 1 aromatic carbocycles. The van der Waals surface area contributed by atoms with Gasteiger partial charge in [0.25, 0.3) is 0 Å². The number of ether oxygens (including phenoxy) is 1. The van der Waals surface area contributed by atoms with Crippen LogP contribution in [-0.2, 0) is 11.2 Å². The summed E-state index contributed by atoms with van der Waals surface area (Å²) in [4.78, 5) is 14.1. The topological polar surface area (TPSA) is 67.3 Å². The van der Waals surface area contributed by atoms with Gasteiger partial charge in [-0.25, -0.2) is 4.79 Å². The summed E-state index contributed by atoms with van der Waals surface area (Å²) in [6, 6.07) is 7.83. The molecule has 6 nitrogen and oxygen atoms in total. The van der Waals surface area contributed by atoms with Gasteiger partial charge in [0.1, 0.15) is 10.6 Å². The van der Waals surface area contributed by atoms with Crippen LogP contribution < -0.4 is 10.2 Å². The average molecular weight is 395 g/mol. The highest BCUT2D eigenvalue weighted by molar-refractivity contribution is 7.15. The minimum atomic E-state index is -0.488. The summed E-state index contributed by atoms with van der Waals surface area (Å²) in [6.07, 6.45) is 1.23. The van der Waals surface area contributed by atoms with Crippen LogP contribution in [0.4, 0.5) is 9.93 Å². The fourth-order valence-electron chi connectivity index (χ4n) is 2.75. The van der Waals surface area contributed by atoms with Gasteiger partial charge < -0.3 is 15.0 Å². The van der Waals surface area contributed by atoms with E-state index >= 15 is 0 Å². The van der Waals surface area contributed by atoms with Crippen LogP contribution in [0, 0.1) is 0 Å². The Labute approximate surface area is 162 Å². The maximum atomic E-state index is 11.9. The molecule has 3 rings (SSSR count). The van der Waals surface area contributed by atoms with Crippen molar-refractivity contribution in [2.45, 2.75) is 45.3 Å². The Bertz CT molecular complexity index is 757. The minimum Gasteiger partial charge on any atom is -0.444 e. The Hall–Kier alpha value is -1.86. The van der Waals surface area contributed by atoms with Crippen LogP contribution in [0.15, 0.2) is 24.3 Å². The van der Waals surface area contributed by atoms with Crippen molar-refractivity contribution in [3.05, 3.63) is 39.9 Å². The molecule has 2 aromatic rings. The molecule has 140 valence electrons. The van der Waals surface area contributed by atoms with Crippen molar-refractivity contribution in [1.82, 2.24) is 15.5 Å². The number of carbonyl (C=O) groups excluding carboxylic acids is 1. The molecule has 1 aliphatic rings. The van der Waals surface area contributed by atoms with Crippen molar-refractivity contribution in [2.24, 2.45) is 0 Å². The second-order valence-corrected chi connectivity index (χ2v) is 8.84. The molecule has 1 fully saturated rings. The fourth-order valence-corrected chi connectivity index (χ4v) is 3.78. The van der Waals surface area contributed by atoms with Gasteiger partial charge in [-0.1, -0.05) is 35.1 Å². The minimum absolute atomic E-state index is 0.0634. The summed E-state index contributed by atoms with van der Waals surface area (Å²) in [7, 11) is 0. The van der Waals surface area contributed by atoms with Crippen molar-refractivity contribution in [3.63, 3.8) is 0 Å². The second kappa shape index (κ2) is 7.80. The molecule has 1 atom stereocenters. The molecule has 8 heteroatoms. The van der Waals surface area contributed by atoms with E-state index in [2.05, 4.69) is 20.4 Å². The third kappa shape index (κ3) is 5.32. The van der Waals surface area contributed by atoms with E-state index in [4.69, 9.17) is 16.3 Å². The lowest BCUT2D eigenvalue weighted by molar-refractivity contribution is 0.0509. The summed E-state index contributed by atoms with van der Waals surface area (Å²) >= 11 is 7.51. The van der Waals surface area contributed by atoms with Crippen LogP contribution in [0.2, 0.25) is 5.02 Å². The zero-order chi connectivity index (χ0) is 18.7. The third-order valence-electron chi connectivity index (χ3n) is 3.90. The monoisotopic (exact) mass is 394 g/mol. The number of nitrogens with zero attached hydrogens (tertiary/aromatic N) is 3. The molecule has 1 saturated heterocycles. The number of hydrogen-bond acceptors (Lipinski definition) is 6. The van der Waals surface area contributed by atoms with Gasteiger partial charge in [0.2, 0.25) is 5.13 Å². The summed E-state index contributed by atoms with van der Waals surface area (Å²) in [5.41, 5.74) is 0.668. The number of carbonyl (C=O) groups is 1. The lowest BCUT2D eigenvalue weighted by Crippen LogP contribution is -2.40. The second-order valence-electron chi connectivity index (χ2n) is 7.36. The average Bonchev–Trinajstić information content (AvgIpc) is 3.17. The first-order valence-electron chi connectivity index (χ1n) is 8.60. The van der Waals surface area contributed by atoms with E-state index < -0.39 is 5.60 Å². The third-order valence-corrected chi connectivity index (χ3v) is 5.14. The zero-order valence-electron chi connectivity index (χ0n) is 15.2. The van der Waals surface area contributed by atoms with Gasteiger partial charge in [-0.15, -0.1) is 10.2 Å². The van der Waals surface area contributed by atoms with E-state index in [1.54, 1.807) is 11.3 Å². The maximum absolute atomic E-state index is 11.9. The summed E-state index contributed by atoms with van der Waals surface area (Å²) < 4.78 is 5.32. The Morgan fingerprint density at radius 3 is 2.77 bits per heavy atom. The predicted octanol–water partition coefficient (Wildman–Crippen LogP) is 3.89. The van der Waals surface area contributed by atoms with Gasteiger partial charge in [-0.05, 0) is 44.9 Å². The van der Waals surface area contributed by atoms with Crippen LogP contribution in [0.3, 0.4) is 0 Å². The predicted molar refractivity (Wildman–Crippen MR) is 104 cm³/mol. The summed E-state index contributed by atoms with van der Waals surface area (Å²) in [5, 5.41) is 14.1. The molecule has 26 heavy (non-hydrogen) atoms. The number of benzene rings is 1. The molecule has 1 aliphatic heterocycles. The highest BCUT2D eigenvalue weighted by atomic mass is 35.5. The Balaban J connectivity index is 1.53. The first kappa shape index (κ1) is 18.9. The van der Waals surface area contributed by atoms with Gasteiger partial charge in [-0.2, -0.15) is 0 Å². The van der Waals surface area contributed by atoms with Crippen LogP contribution >= 0.6 is 22.9 Å². The van der Waals surface area contributed by atoms with E-state index in [0.29, 0.717) is 0 Å². The van der Waals surface area contributed by atoms with Gasteiger partial charge in [0, 0.05) is 24.5 Å². The van der Waals surface area contributed by atoms with Gasteiger partial charge in [0.15, 0.2) is 0 Å². The Morgan fingerprint density at radius 2 is 2.08 bits per heavy atom. The quantitative estimate of drug-likeness (QED) is 0.852. The number of hydrogen-bond donors (Lipinski definition) is 1. The molecule has 1 aromatic heterocycles. The highest BCUT2D eigenvalue weighted by Crippen LogP contribution is 2.26. The van der Waals surface area contributed by atoms with Crippen molar-refractivity contribution >= 4 is 34.2 Å². The number of nitrogens with one attached hydrogen (secondary N) is 1. The molecule has 0 radical (unpaired) electrons. The zero-order valence-corrected chi connectivity index (χ0v) is 16.7. The van der Waals surface area contributed by atoms with Crippen LogP contribution in [0.5, 0.6) is 0 Å². The van der Waals surface area contributed by atoms with E-state index in [-0.39, 0.29) is 12.1 Å². The highest BCUT2D eigenvalue weighted by Gasteiger charge is 2.28. The molecule has 0 saturated carbocycles. The molecule has 0 bridgehead atoms. The molecule has 2 heterocycles. The van der Waals surface area contributed by atoms with Crippen LogP contribution in [0.25, 0.3) is 0 Å². The van der Waals surface area contributed by atoms with E-state index in [1.165, 1.54) is 0 Å². The van der Waals surface area contributed by atoms with E-state index in [1.807, 2.05) is 45.0 Å². The number of rotatable bonds is 4. The van der Waals surface area contributed by atoms with Gasteiger partial charge >= 0.3 is 6.09 Å². The molecule has 0 spiro atoms. The normalized spacial score (nSPS) is 17.4. The lowest BCUT2D eigenvalue weighted by atomic mass is 10.2. The Morgan fingerprint density at radius 1 is 1.35 bits per heavy atom. The molecular formula is C18H23ClN4O2S. The number of aromatic nitrogens is 2. The number of anilines is 1. The van der Waals surface area contributed by atoms with E-state index in [0.717, 1.165) is 46.7 Å². The number of halogens is 1. The smallest absolute Gasteiger partial charge is 0.407 e. The van der Waals surface area contributed by atoms with E-state index in [9.17, 15) is 4.79 Å². The van der Waals surface area contributed by atoms with Crippen LogP contribution in [0.1, 0.15) is 37.8 Å². The van der Waals surface area contributed by atoms with Crippen molar-refractivity contribution in [2.75, 3.05) is 18.0 Å². The molecule has 1 N–H and O–H groups in total. The van der Waals surface area contributed by atoms with Crippen LogP contribution in [-0.4, -0.2) is 41.0 Å². The van der Waals surface area contributed by atoms with Gasteiger partial charge in [0.05, 0.1) is 6.04 Å².